The lowest BCUT2D eigenvalue weighted by molar-refractivity contribution is 0.969. The van der Waals surface area contributed by atoms with E-state index in [9.17, 15) is 0 Å². The molecular formula is C11H15N5S. The van der Waals surface area contributed by atoms with Gasteiger partial charge in [0.2, 0.25) is 5.16 Å². The number of nitrogens with one attached hydrogen (secondary N) is 2. The first-order chi connectivity index (χ1) is 8.29. The fraction of sp³-hybridized carbons (Fsp3) is 0.364. The average Bonchev–Trinajstić information content (AvgIpc) is 2.74. The Bertz CT molecular complexity index is 482. The molecule has 17 heavy (non-hydrogen) atoms. The molecule has 90 valence electrons. The number of hydrogen-bond acceptors (Lipinski definition) is 5. The molecule has 0 amide bonds. The molecule has 6 heteroatoms. The molecule has 0 aliphatic carbocycles. The van der Waals surface area contributed by atoms with E-state index in [0.29, 0.717) is 0 Å². The summed E-state index contributed by atoms with van der Waals surface area (Å²) in [4.78, 5) is 8.57. The zero-order valence-corrected chi connectivity index (χ0v) is 10.7. The monoisotopic (exact) mass is 249 g/mol. The Labute approximate surface area is 104 Å². The van der Waals surface area contributed by atoms with Gasteiger partial charge in [-0.3, -0.25) is 5.10 Å². The highest BCUT2D eigenvalue weighted by atomic mass is 32.2. The Morgan fingerprint density at radius 1 is 1.47 bits per heavy atom. The van der Waals surface area contributed by atoms with Gasteiger partial charge in [-0.25, -0.2) is 9.97 Å². The number of aryl methyl sites for hydroxylation is 1. The van der Waals surface area contributed by atoms with Crippen LogP contribution in [0.2, 0.25) is 0 Å². The van der Waals surface area contributed by atoms with E-state index in [1.54, 1.807) is 18.0 Å². The molecule has 0 radical (unpaired) electrons. The quantitative estimate of drug-likeness (QED) is 0.795. The number of hydrogen-bond donors (Lipinski definition) is 2. The van der Waals surface area contributed by atoms with Crippen LogP contribution in [0.5, 0.6) is 0 Å². The second kappa shape index (κ2) is 5.67. The molecule has 2 N–H and O–H groups in total. The van der Waals surface area contributed by atoms with Crippen LogP contribution in [0, 0.1) is 6.92 Å². The summed E-state index contributed by atoms with van der Waals surface area (Å²) in [6, 6.07) is 4.01. The zero-order valence-electron chi connectivity index (χ0n) is 9.90. The summed E-state index contributed by atoms with van der Waals surface area (Å²) in [6.45, 7) is 4.82. The molecular weight excluding hydrogens is 234 g/mol. The first-order valence-corrected chi connectivity index (χ1v) is 6.47. The van der Waals surface area contributed by atoms with Gasteiger partial charge >= 0.3 is 0 Å². The van der Waals surface area contributed by atoms with Crippen molar-refractivity contribution < 1.29 is 0 Å². The van der Waals surface area contributed by atoms with Gasteiger partial charge in [-0.2, -0.15) is 0 Å². The third-order valence-electron chi connectivity index (χ3n) is 2.17. The minimum atomic E-state index is 0.772. The van der Waals surface area contributed by atoms with E-state index in [4.69, 9.17) is 0 Å². The zero-order chi connectivity index (χ0) is 12.1. The van der Waals surface area contributed by atoms with Crippen molar-refractivity contribution in [1.82, 2.24) is 20.2 Å². The number of aromatic nitrogens is 4. The van der Waals surface area contributed by atoms with E-state index in [1.165, 1.54) is 5.56 Å². The van der Waals surface area contributed by atoms with E-state index in [-0.39, 0.29) is 0 Å². The smallest absolute Gasteiger partial charge is 0.208 e. The summed E-state index contributed by atoms with van der Waals surface area (Å²) < 4.78 is 0. The fourth-order valence-corrected chi connectivity index (χ4v) is 2.24. The topological polar surface area (TPSA) is 66.5 Å². The number of anilines is 1. The third-order valence-corrected chi connectivity index (χ3v) is 3.07. The molecule has 2 heterocycles. The Morgan fingerprint density at radius 3 is 3.06 bits per heavy atom. The lowest BCUT2D eigenvalue weighted by atomic mass is 10.3. The molecule has 0 bridgehead atoms. The summed E-state index contributed by atoms with van der Waals surface area (Å²) in [5.74, 6) is 2.59. The molecule has 2 aromatic rings. The van der Waals surface area contributed by atoms with E-state index >= 15 is 0 Å². The minimum Gasteiger partial charge on any atom is -0.370 e. The molecule has 5 nitrogen and oxygen atoms in total. The van der Waals surface area contributed by atoms with Crippen molar-refractivity contribution in [2.75, 3.05) is 11.9 Å². The molecule has 0 unspecified atom stereocenters. The van der Waals surface area contributed by atoms with Crippen molar-refractivity contribution in [1.29, 1.82) is 0 Å². The summed E-state index contributed by atoms with van der Waals surface area (Å²) in [6.07, 6.45) is 1.79. The standard InChI is InChI=1S/C11H15N5S/c1-3-12-10-9(5-4-6-13-10)7-17-11-14-8(2)15-16-11/h4-6H,3,7H2,1-2H3,(H,12,13)(H,14,15,16). The van der Waals surface area contributed by atoms with Gasteiger partial charge in [0.15, 0.2) is 0 Å². The van der Waals surface area contributed by atoms with Gasteiger partial charge in [0.1, 0.15) is 11.6 Å². The molecule has 2 aromatic heterocycles. The summed E-state index contributed by atoms with van der Waals surface area (Å²) >= 11 is 1.60. The predicted molar refractivity (Wildman–Crippen MR) is 69.1 cm³/mol. The van der Waals surface area contributed by atoms with Crippen LogP contribution in [-0.2, 0) is 5.75 Å². The van der Waals surface area contributed by atoms with Crippen LogP contribution in [0.3, 0.4) is 0 Å². The average molecular weight is 249 g/mol. The number of H-pyrrole nitrogens is 1. The lowest BCUT2D eigenvalue weighted by Gasteiger charge is -2.07. The maximum atomic E-state index is 4.31. The van der Waals surface area contributed by atoms with Crippen LogP contribution in [0.1, 0.15) is 18.3 Å². The predicted octanol–water partition coefficient (Wildman–Crippen LogP) is 2.23. The van der Waals surface area contributed by atoms with Gasteiger partial charge in [-0.05, 0) is 19.9 Å². The van der Waals surface area contributed by atoms with E-state index in [1.807, 2.05) is 13.0 Å². The van der Waals surface area contributed by atoms with Gasteiger partial charge in [-0.15, -0.1) is 5.10 Å². The van der Waals surface area contributed by atoms with Crippen molar-refractivity contribution in [3.05, 3.63) is 29.7 Å². The number of pyridine rings is 1. The van der Waals surface area contributed by atoms with Crippen LogP contribution in [0.4, 0.5) is 5.82 Å². The lowest BCUT2D eigenvalue weighted by Crippen LogP contribution is -2.02. The van der Waals surface area contributed by atoms with Gasteiger partial charge < -0.3 is 5.32 Å². The maximum absolute atomic E-state index is 4.31. The number of thioether (sulfide) groups is 1. The highest BCUT2D eigenvalue weighted by Crippen LogP contribution is 2.22. The molecule has 0 spiro atoms. The summed E-state index contributed by atoms with van der Waals surface area (Å²) in [5, 5.41) is 10.9. The van der Waals surface area contributed by atoms with Crippen LogP contribution in [0.15, 0.2) is 23.5 Å². The van der Waals surface area contributed by atoms with Gasteiger partial charge in [-0.1, -0.05) is 17.8 Å². The summed E-state index contributed by atoms with van der Waals surface area (Å²) in [5.41, 5.74) is 1.17. The van der Waals surface area contributed by atoms with Crippen LogP contribution < -0.4 is 5.32 Å². The molecule has 0 saturated heterocycles. The third kappa shape index (κ3) is 3.20. The molecule has 0 fully saturated rings. The molecule has 0 aromatic carbocycles. The molecule has 0 aliphatic heterocycles. The van der Waals surface area contributed by atoms with Crippen LogP contribution in [0.25, 0.3) is 0 Å². The minimum absolute atomic E-state index is 0.772. The number of nitrogens with zero attached hydrogens (tertiary/aromatic N) is 3. The van der Waals surface area contributed by atoms with Gasteiger partial charge in [0.05, 0.1) is 0 Å². The maximum Gasteiger partial charge on any atom is 0.208 e. The molecule has 0 aliphatic rings. The Morgan fingerprint density at radius 2 is 2.35 bits per heavy atom. The fourth-order valence-electron chi connectivity index (χ4n) is 1.41. The van der Waals surface area contributed by atoms with Crippen LogP contribution in [-0.4, -0.2) is 26.7 Å². The van der Waals surface area contributed by atoms with Gasteiger partial charge in [0, 0.05) is 24.1 Å². The first-order valence-electron chi connectivity index (χ1n) is 5.49. The summed E-state index contributed by atoms with van der Waals surface area (Å²) in [7, 11) is 0. The van der Waals surface area contributed by atoms with Crippen molar-refractivity contribution in [3.63, 3.8) is 0 Å². The van der Waals surface area contributed by atoms with Crippen molar-refractivity contribution in [2.45, 2.75) is 24.8 Å². The molecule has 0 atom stereocenters. The van der Waals surface area contributed by atoms with E-state index in [0.717, 1.165) is 29.1 Å². The first kappa shape index (κ1) is 11.9. The SMILES string of the molecule is CCNc1ncccc1CSc1n[nH]c(C)n1. The Kier molecular flexibility index (Phi) is 3.98. The number of rotatable bonds is 5. The number of aromatic amines is 1. The molecule has 0 saturated carbocycles. The van der Waals surface area contributed by atoms with Crippen molar-refractivity contribution in [2.24, 2.45) is 0 Å². The second-order valence-corrected chi connectivity index (χ2v) is 4.48. The highest BCUT2D eigenvalue weighted by Gasteiger charge is 2.05. The second-order valence-electron chi connectivity index (χ2n) is 3.53. The van der Waals surface area contributed by atoms with E-state index < -0.39 is 0 Å². The van der Waals surface area contributed by atoms with E-state index in [2.05, 4.69) is 38.5 Å². The largest absolute Gasteiger partial charge is 0.370 e. The van der Waals surface area contributed by atoms with Gasteiger partial charge in [0.25, 0.3) is 0 Å². The van der Waals surface area contributed by atoms with Crippen LogP contribution >= 0.6 is 11.8 Å². The molecule has 2 rings (SSSR count). The highest BCUT2D eigenvalue weighted by molar-refractivity contribution is 7.98. The van der Waals surface area contributed by atoms with Crippen molar-refractivity contribution >= 4 is 17.6 Å². The Hall–Kier alpha value is -1.56. The van der Waals surface area contributed by atoms with Crippen molar-refractivity contribution in [3.8, 4) is 0 Å². The normalized spacial score (nSPS) is 10.5. The Balaban J connectivity index is 2.03.